The second-order valence-corrected chi connectivity index (χ2v) is 5.56. The van der Waals surface area contributed by atoms with E-state index in [4.69, 9.17) is 5.11 Å². The van der Waals surface area contributed by atoms with Crippen LogP contribution in [0.1, 0.15) is 38.8 Å². The summed E-state index contributed by atoms with van der Waals surface area (Å²) in [5.74, 6) is 0.111. The van der Waals surface area contributed by atoms with Crippen LogP contribution < -0.4 is 5.32 Å². The number of hydrogen-bond donors (Lipinski definition) is 2. The van der Waals surface area contributed by atoms with Gasteiger partial charge in [-0.05, 0) is 31.5 Å². The number of nitrogens with zero attached hydrogens (tertiary/aromatic N) is 1. The fourth-order valence-corrected chi connectivity index (χ4v) is 2.83. The minimum atomic E-state index is -0.153. The molecule has 2 unspecified atom stereocenters. The summed E-state index contributed by atoms with van der Waals surface area (Å²) in [6.45, 7) is 9.76. The van der Waals surface area contributed by atoms with Gasteiger partial charge in [0.25, 0.3) is 0 Å². The lowest BCUT2D eigenvalue weighted by Crippen LogP contribution is -2.38. The summed E-state index contributed by atoms with van der Waals surface area (Å²) in [6, 6.07) is 6.97. The summed E-state index contributed by atoms with van der Waals surface area (Å²) in [5, 5.41) is 12.6. The number of hydrogen-bond acceptors (Lipinski definition) is 3. The molecule has 0 heterocycles. The van der Waals surface area contributed by atoms with Gasteiger partial charge in [-0.25, -0.2) is 4.39 Å². The van der Waals surface area contributed by atoms with Crippen LogP contribution in [0.25, 0.3) is 0 Å². The first-order valence-electron chi connectivity index (χ1n) is 7.95. The van der Waals surface area contributed by atoms with Crippen molar-refractivity contribution >= 4 is 0 Å². The fraction of sp³-hybridized carbons (Fsp3) is 0.647. The normalized spacial score (nSPS) is 14.4. The molecule has 0 aliphatic rings. The molecule has 0 spiro atoms. The molecule has 1 aromatic carbocycles. The molecule has 3 nitrogen and oxygen atoms in total. The summed E-state index contributed by atoms with van der Waals surface area (Å²) < 4.78 is 14.1. The molecule has 0 saturated carbocycles. The van der Waals surface area contributed by atoms with Gasteiger partial charge in [-0.3, -0.25) is 0 Å². The molecule has 2 N–H and O–H groups in total. The van der Waals surface area contributed by atoms with E-state index in [1.807, 2.05) is 19.1 Å². The molecule has 0 aromatic heterocycles. The van der Waals surface area contributed by atoms with Gasteiger partial charge >= 0.3 is 0 Å². The lowest BCUT2D eigenvalue weighted by atomic mass is 9.93. The molecule has 0 amide bonds. The molecule has 1 rings (SSSR count). The Bertz CT molecular complexity index is 394. The number of aliphatic hydroxyl groups is 1. The molecular weight excluding hydrogens is 267 g/mol. The monoisotopic (exact) mass is 296 g/mol. The van der Waals surface area contributed by atoms with Gasteiger partial charge in [0.2, 0.25) is 0 Å². The highest BCUT2D eigenvalue weighted by Crippen LogP contribution is 2.25. The number of rotatable bonds is 10. The quantitative estimate of drug-likeness (QED) is 0.697. The zero-order valence-corrected chi connectivity index (χ0v) is 13.5. The molecule has 0 radical (unpaired) electrons. The standard InChI is InChI=1S/C17H29FN2O/c1-4-10-20(11-12-21)13-14(3)17(19-5-2)15-8-6-7-9-16(15)18/h6-9,14,17,19,21H,4-5,10-13H2,1-3H3. The average molecular weight is 296 g/mol. The van der Waals surface area contributed by atoms with E-state index < -0.39 is 0 Å². The van der Waals surface area contributed by atoms with E-state index in [0.29, 0.717) is 6.54 Å². The maximum absolute atomic E-state index is 14.1. The van der Waals surface area contributed by atoms with Crippen molar-refractivity contribution in [1.82, 2.24) is 10.2 Å². The van der Waals surface area contributed by atoms with Crippen LogP contribution in [-0.4, -0.2) is 42.8 Å². The van der Waals surface area contributed by atoms with Crippen LogP contribution in [0.5, 0.6) is 0 Å². The third kappa shape index (κ3) is 5.73. The highest BCUT2D eigenvalue weighted by atomic mass is 19.1. The number of halogens is 1. The van der Waals surface area contributed by atoms with Crippen molar-refractivity contribution in [3.8, 4) is 0 Å². The van der Waals surface area contributed by atoms with Crippen LogP contribution in [0.4, 0.5) is 4.39 Å². The molecular formula is C17H29FN2O. The minimum Gasteiger partial charge on any atom is -0.395 e. The van der Waals surface area contributed by atoms with Gasteiger partial charge in [-0.2, -0.15) is 0 Å². The molecule has 0 aliphatic carbocycles. The molecule has 0 saturated heterocycles. The third-order valence-corrected chi connectivity index (χ3v) is 3.74. The molecule has 1 aromatic rings. The second kappa shape index (κ2) is 9.87. The van der Waals surface area contributed by atoms with Gasteiger partial charge in [-0.1, -0.05) is 39.0 Å². The van der Waals surface area contributed by atoms with Crippen molar-refractivity contribution in [2.45, 2.75) is 33.2 Å². The van der Waals surface area contributed by atoms with E-state index in [1.165, 1.54) is 6.07 Å². The first kappa shape index (κ1) is 18.1. The van der Waals surface area contributed by atoms with Crippen LogP contribution in [0, 0.1) is 11.7 Å². The lowest BCUT2D eigenvalue weighted by molar-refractivity contribution is 0.165. The predicted octanol–water partition coefficient (Wildman–Crippen LogP) is 2.82. The van der Waals surface area contributed by atoms with Crippen molar-refractivity contribution in [2.24, 2.45) is 5.92 Å². The Balaban J connectivity index is 2.81. The van der Waals surface area contributed by atoms with Crippen LogP contribution in [0.15, 0.2) is 24.3 Å². The average Bonchev–Trinajstić information content (AvgIpc) is 2.46. The van der Waals surface area contributed by atoms with Gasteiger partial charge in [0.15, 0.2) is 0 Å². The number of benzene rings is 1. The molecule has 0 bridgehead atoms. The summed E-state index contributed by atoms with van der Waals surface area (Å²) >= 11 is 0. The van der Waals surface area contributed by atoms with Crippen molar-refractivity contribution < 1.29 is 9.50 Å². The first-order valence-corrected chi connectivity index (χ1v) is 7.95. The predicted molar refractivity (Wildman–Crippen MR) is 85.8 cm³/mol. The third-order valence-electron chi connectivity index (χ3n) is 3.74. The molecule has 0 aliphatic heterocycles. The number of aliphatic hydroxyl groups excluding tert-OH is 1. The molecule has 2 atom stereocenters. The van der Waals surface area contributed by atoms with Crippen LogP contribution in [0.3, 0.4) is 0 Å². The second-order valence-electron chi connectivity index (χ2n) is 5.56. The van der Waals surface area contributed by atoms with Gasteiger partial charge in [-0.15, -0.1) is 0 Å². The van der Waals surface area contributed by atoms with Gasteiger partial charge < -0.3 is 15.3 Å². The van der Waals surface area contributed by atoms with Gasteiger partial charge in [0.1, 0.15) is 5.82 Å². The van der Waals surface area contributed by atoms with Gasteiger partial charge in [0.05, 0.1) is 6.61 Å². The van der Waals surface area contributed by atoms with E-state index in [-0.39, 0.29) is 24.4 Å². The maximum Gasteiger partial charge on any atom is 0.127 e. The SMILES string of the molecule is CCCN(CCO)CC(C)C(NCC)c1ccccc1F. The smallest absolute Gasteiger partial charge is 0.127 e. The molecule has 4 heteroatoms. The van der Waals surface area contributed by atoms with Crippen molar-refractivity contribution in [3.63, 3.8) is 0 Å². The maximum atomic E-state index is 14.1. The minimum absolute atomic E-state index is 0.00533. The Morgan fingerprint density at radius 2 is 1.95 bits per heavy atom. The van der Waals surface area contributed by atoms with Gasteiger partial charge in [0, 0.05) is 24.7 Å². The van der Waals surface area contributed by atoms with Crippen LogP contribution in [0.2, 0.25) is 0 Å². The van der Waals surface area contributed by atoms with E-state index >= 15 is 0 Å². The first-order chi connectivity index (χ1) is 10.1. The fourth-order valence-electron chi connectivity index (χ4n) is 2.83. The Labute approximate surface area is 128 Å². The van der Waals surface area contributed by atoms with Crippen molar-refractivity contribution in [2.75, 3.05) is 32.8 Å². The zero-order chi connectivity index (χ0) is 15.7. The summed E-state index contributed by atoms with van der Waals surface area (Å²) in [6.07, 6.45) is 1.05. The number of nitrogens with one attached hydrogen (secondary N) is 1. The summed E-state index contributed by atoms with van der Waals surface area (Å²) in [5.41, 5.74) is 0.729. The topological polar surface area (TPSA) is 35.5 Å². The highest BCUT2D eigenvalue weighted by Gasteiger charge is 2.22. The Morgan fingerprint density at radius 3 is 2.52 bits per heavy atom. The molecule has 21 heavy (non-hydrogen) atoms. The Morgan fingerprint density at radius 1 is 1.24 bits per heavy atom. The van der Waals surface area contributed by atoms with E-state index in [9.17, 15) is 4.39 Å². The van der Waals surface area contributed by atoms with Crippen molar-refractivity contribution in [3.05, 3.63) is 35.6 Å². The van der Waals surface area contributed by atoms with Crippen molar-refractivity contribution in [1.29, 1.82) is 0 Å². The van der Waals surface area contributed by atoms with E-state index in [2.05, 4.69) is 24.1 Å². The largest absolute Gasteiger partial charge is 0.395 e. The molecule has 0 fully saturated rings. The Kier molecular flexibility index (Phi) is 8.50. The van der Waals surface area contributed by atoms with E-state index in [1.54, 1.807) is 6.07 Å². The highest BCUT2D eigenvalue weighted by molar-refractivity contribution is 5.22. The van der Waals surface area contributed by atoms with E-state index in [0.717, 1.165) is 31.6 Å². The van der Waals surface area contributed by atoms with Crippen LogP contribution >= 0.6 is 0 Å². The molecule has 120 valence electrons. The Hall–Kier alpha value is -0.970. The summed E-state index contributed by atoms with van der Waals surface area (Å²) in [4.78, 5) is 2.25. The van der Waals surface area contributed by atoms with Crippen LogP contribution in [-0.2, 0) is 0 Å². The zero-order valence-electron chi connectivity index (χ0n) is 13.5. The lowest BCUT2D eigenvalue weighted by Gasteiger charge is -2.31. The summed E-state index contributed by atoms with van der Waals surface area (Å²) in [7, 11) is 0.